The molecule has 1 aromatic carbocycles. The number of likely N-dealkylation sites (tertiary alicyclic amines) is 1. The van der Waals surface area contributed by atoms with Gasteiger partial charge >= 0.3 is 5.97 Å². The number of carbonyl (C=O) groups is 2. The smallest absolute Gasteiger partial charge is 0.308 e. The number of aromatic nitrogens is 2. The Morgan fingerprint density at radius 1 is 1.29 bits per heavy atom. The molecule has 0 bridgehead atoms. The number of benzene rings is 1. The molecule has 7 heteroatoms. The topological polar surface area (TPSA) is 96.5 Å². The highest BCUT2D eigenvalue weighted by Crippen LogP contribution is 2.33. The van der Waals surface area contributed by atoms with Crippen LogP contribution in [-0.2, 0) is 16.0 Å². The number of amides is 1. The lowest BCUT2D eigenvalue weighted by Gasteiger charge is -2.16. The zero-order valence-corrected chi connectivity index (χ0v) is 13.4. The maximum absolute atomic E-state index is 12.4. The van der Waals surface area contributed by atoms with E-state index in [2.05, 4.69) is 10.1 Å². The Labute approximate surface area is 139 Å². The first-order valence-corrected chi connectivity index (χ1v) is 7.89. The first-order valence-electron chi connectivity index (χ1n) is 7.89. The zero-order chi connectivity index (χ0) is 17.1. The van der Waals surface area contributed by atoms with E-state index in [-0.39, 0.29) is 24.8 Å². The summed E-state index contributed by atoms with van der Waals surface area (Å²) in [6.07, 6.45) is 0.597. The Balaban J connectivity index is 1.66. The fraction of sp³-hybridized carbons (Fsp3) is 0.412. The number of aryl methyl sites for hydroxylation is 2. The van der Waals surface area contributed by atoms with Crippen LogP contribution >= 0.6 is 0 Å². The van der Waals surface area contributed by atoms with Gasteiger partial charge in [-0.15, -0.1) is 0 Å². The van der Waals surface area contributed by atoms with Gasteiger partial charge in [-0.25, -0.2) is 0 Å². The Morgan fingerprint density at radius 3 is 2.67 bits per heavy atom. The molecule has 1 aromatic heterocycles. The molecule has 24 heavy (non-hydrogen) atoms. The SMILES string of the molecule is Cc1noc(CCC(=O)N2C[C@@H](C(=O)O)[C@H](c3ccccc3)C2)n1. The van der Waals surface area contributed by atoms with Crippen LogP contribution in [0.4, 0.5) is 0 Å². The molecule has 0 saturated carbocycles. The summed E-state index contributed by atoms with van der Waals surface area (Å²) in [6, 6.07) is 9.49. The Bertz CT molecular complexity index is 728. The van der Waals surface area contributed by atoms with Crippen LogP contribution in [-0.4, -0.2) is 45.1 Å². The van der Waals surface area contributed by atoms with Crippen LogP contribution in [0.1, 0.15) is 29.6 Å². The van der Waals surface area contributed by atoms with E-state index >= 15 is 0 Å². The van der Waals surface area contributed by atoms with Gasteiger partial charge in [0.2, 0.25) is 11.8 Å². The average molecular weight is 329 g/mol. The highest BCUT2D eigenvalue weighted by molar-refractivity contribution is 5.79. The van der Waals surface area contributed by atoms with Crippen LogP contribution < -0.4 is 0 Å². The van der Waals surface area contributed by atoms with E-state index in [4.69, 9.17) is 4.52 Å². The minimum atomic E-state index is -0.869. The van der Waals surface area contributed by atoms with Crippen molar-refractivity contribution in [3.8, 4) is 0 Å². The van der Waals surface area contributed by atoms with E-state index in [1.54, 1.807) is 11.8 Å². The van der Waals surface area contributed by atoms with Crippen molar-refractivity contribution in [3.05, 3.63) is 47.6 Å². The first kappa shape index (κ1) is 16.2. The van der Waals surface area contributed by atoms with Crippen molar-refractivity contribution in [2.45, 2.75) is 25.7 Å². The minimum absolute atomic E-state index is 0.0875. The van der Waals surface area contributed by atoms with Gasteiger partial charge in [0.15, 0.2) is 5.82 Å². The molecular weight excluding hydrogens is 310 g/mol. The van der Waals surface area contributed by atoms with Gasteiger partial charge in [0.05, 0.1) is 5.92 Å². The summed E-state index contributed by atoms with van der Waals surface area (Å²) >= 11 is 0. The van der Waals surface area contributed by atoms with Crippen molar-refractivity contribution in [1.29, 1.82) is 0 Å². The summed E-state index contributed by atoms with van der Waals surface area (Å²) in [5.74, 6) is -0.759. The molecule has 0 aliphatic carbocycles. The lowest BCUT2D eigenvalue weighted by atomic mass is 9.89. The molecule has 2 heterocycles. The standard InChI is InChI=1S/C17H19N3O4/c1-11-18-15(24-19-11)7-8-16(21)20-9-13(14(10-20)17(22)23)12-5-3-2-4-6-12/h2-6,13-14H,7-10H2,1H3,(H,22,23)/t13-,14+/m0/s1. The molecule has 0 radical (unpaired) electrons. The number of nitrogens with zero attached hydrogens (tertiary/aromatic N) is 3. The monoisotopic (exact) mass is 329 g/mol. The molecule has 0 spiro atoms. The number of rotatable bonds is 5. The van der Waals surface area contributed by atoms with Gasteiger partial charge < -0.3 is 14.5 Å². The maximum atomic E-state index is 12.4. The van der Waals surface area contributed by atoms with E-state index in [0.717, 1.165) is 5.56 Å². The number of carboxylic acid groups (broad SMARTS) is 1. The lowest BCUT2D eigenvalue weighted by Crippen LogP contribution is -2.30. The summed E-state index contributed by atoms with van der Waals surface area (Å²) in [7, 11) is 0. The van der Waals surface area contributed by atoms with Crippen molar-refractivity contribution in [1.82, 2.24) is 15.0 Å². The molecule has 1 aliphatic heterocycles. The Hall–Kier alpha value is -2.70. The highest BCUT2D eigenvalue weighted by atomic mass is 16.5. The van der Waals surface area contributed by atoms with E-state index in [1.165, 1.54) is 0 Å². The number of carboxylic acids is 1. The van der Waals surface area contributed by atoms with Crippen LogP contribution in [0.15, 0.2) is 34.9 Å². The second-order valence-electron chi connectivity index (χ2n) is 6.00. The summed E-state index contributed by atoms with van der Waals surface area (Å²) in [5, 5.41) is 13.2. The maximum Gasteiger partial charge on any atom is 0.308 e. The van der Waals surface area contributed by atoms with Crippen LogP contribution in [0.5, 0.6) is 0 Å². The predicted octanol–water partition coefficient (Wildman–Crippen LogP) is 1.64. The summed E-state index contributed by atoms with van der Waals surface area (Å²) < 4.78 is 5.00. The van der Waals surface area contributed by atoms with Crippen molar-refractivity contribution in [2.24, 2.45) is 5.92 Å². The quantitative estimate of drug-likeness (QED) is 0.895. The Morgan fingerprint density at radius 2 is 2.04 bits per heavy atom. The molecular formula is C17H19N3O4. The van der Waals surface area contributed by atoms with Gasteiger partial charge in [0.25, 0.3) is 0 Å². The molecule has 1 amide bonds. The van der Waals surface area contributed by atoms with Gasteiger partial charge in [-0.1, -0.05) is 35.5 Å². The largest absolute Gasteiger partial charge is 0.481 e. The Kier molecular flexibility index (Phi) is 4.59. The van der Waals surface area contributed by atoms with Gasteiger partial charge in [-0.2, -0.15) is 4.98 Å². The second kappa shape index (κ2) is 6.82. The molecule has 1 saturated heterocycles. The minimum Gasteiger partial charge on any atom is -0.481 e. The second-order valence-corrected chi connectivity index (χ2v) is 6.00. The fourth-order valence-electron chi connectivity index (χ4n) is 3.11. The van der Waals surface area contributed by atoms with E-state index in [0.29, 0.717) is 24.7 Å². The molecule has 1 fully saturated rings. The van der Waals surface area contributed by atoms with Crippen LogP contribution in [0, 0.1) is 12.8 Å². The van der Waals surface area contributed by atoms with Crippen molar-refractivity contribution in [3.63, 3.8) is 0 Å². The number of hydrogen-bond donors (Lipinski definition) is 1. The highest BCUT2D eigenvalue weighted by Gasteiger charge is 2.40. The fourth-order valence-corrected chi connectivity index (χ4v) is 3.11. The zero-order valence-electron chi connectivity index (χ0n) is 13.4. The van der Waals surface area contributed by atoms with E-state index in [1.807, 2.05) is 30.3 Å². The molecule has 0 unspecified atom stereocenters. The van der Waals surface area contributed by atoms with Gasteiger partial charge in [0.1, 0.15) is 0 Å². The van der Waals surface area contributed by atoms with Gasteiger partial charge in [0, 0.05) is 31.8 Å². The summed E-state index contributed by atoms with van der Waals surface area (Å²) in [6.45, 7) is 2.37. The summed E-state index contributed by atoms with van der Waals surface area (Å²) in [4.78, 5) is 29.7. The van der Waals surface area contributed by atoms with Crippen molar-refractivity contribution < 1.29 is 19.2 Å². The third-order valence-corrected chi connectivity index (χ3v) is 4.34. The van der Waals surface area contributed by atoms with Crippen LogP contribution in [0.2, 0.25) is 0 Å². The van der Waals surface area contributed by atoms with Gasteiger partial charge in [-0.3, -0.25) is 9.59 Å². The summed E-state index contributed by atoms with van der Waals surface area (Å²) in [5.41, 5.74) is 0.952. The van der Waals surface area contributed by atoms with E-state index < -0.39 is 11.9 Å². The third-order valence-electron chi connectivity index (χ3n) is 4.34. The van der Waals surface area contributed by atoms with Crippen LogP contribution in [0.25, 0.3) is 0 Å². The first-order chi connectivity index (χ1) is 11.5. The molecule has 1 N–H and O–H groups in total. The van der Waals surface area contributed by atoms with E-state index in [9.17, 15) is 14.7 Å². The van der Waals surface area contributed by atoms with Crippen LogP contribution in [0.3, 0.4) is 0 Å². The molecule has 3 rings (SSSR count). The third kappa shape index (κ3) is 3.45. The molecule has 7 nitrogen and oxygen atoms in total. The number of hydrogen-bond acceptors (Lipinski definition) is 5. The average Bonchev–Trinajstić information content (AvgIpc) is 3.20. The molecule has 1 aliphatic rings. The lowest BCUT2D eigenvalue weighted by molar-refractivity contribution is -0.141. The molecule has 2 aromatic rings. The van der Waals surface area contributed by atoms with Gasteiger partial charge in [-0.05, 0) is 12.5 Å². The molecule has 126 valence electrons. The predicted molar refractivity (Wildman–Crippen MR) is 84.2 cm³/mol. The molecule has 2 atom stereocenters. The normalized spacial score (nSPS) is 20.3. The van der Waals surface area contributed by atoms with Crippen molar-refractivity contribution in [2.75, 3.05) is 13.1 Å². The van der Waals surface area contributed by atoms with Crippen molar-refractivity contribution >= 4 is 11.9 Å². The number of carbonyl (C=O) groups excluding carboxylic acids is 1. The number of aliphatic carboxylic acids is 1.